The number of aromatic nitrogens is 2. The first-order valence-electron chi connectivity index (χ1n) is 5.73. The molecule has 0 saturated carbocycles. The SMILES string of the molecule is COC(=O)c1c(C)n([O-])c2cc(C)c(C)cc2[n+]1=O. The highest BCUT2D eigenvalue weighted by Gasteiger charge is 2.27. The van der Waals surface area contributed by atoms with E-state index in [1.807, 2.05) is 13.8 Å². The lowest BCUT2D eigenvalue weighted by Crippen LogP contribution is -2.31. The molecule has 0 aliphatic carbocycles. The third kappa shape index (κ3) is 1.85. The number of carbonyl (C=O) groups is 1. The maximum Gasteiger partial charge on any atom is 0.410 e. The lowest BCUT2D eigenvalue weighted by atomic mass is 10.1. The molecule has 1 aromatic carbocycles. The molecule has 100 valence electrons. The summed E-state index contributed by atoms with van der Waals surface area (Å²) in [5.74, 6) is -0.822. The predicted molar refractivity (Wildman–Crippen MR) is 69.6 cm³/mol. The summed E-state index contributed by atoms with van der Waals surface area (Å²) in [7, 11) is 1.17. The van der Waals surface area contributed by atoms with Crippen molar-refractivity contribution >= 4 is 17.0 Å². The normalized spacial score (nSPS) is 10.7. The molecule has 1 heterocycles. The summed E-state index contributed by atoms with van der Waals surface area (Å²) in [4.78, 5) is 23.8. The van der Waals surface area contributed by atoms with Gasteiger partial charge in [-0.05, 0) is 38.0 Å². The van der Waals surface area contributed by atoms with Crippen LogP contribution in [0.15, 0.2) is 12.1 Å². The first-order valence-corrected chi connectivity index (χ1v) is 5.73. The molecular formula is C13H14N2O4. The molecule has 2 rings (SSSR count). The van der Waals surface area contributed by atoms with E-state index in [0.717, 1.165) is 11.1 Å². The summed E-state index contributed by atoms with van der Waals surface area (Å²) in [5.41, 5.74) is 1.91. The molecule has 0 aliphatic rings. The number of hydrogen-bond donors (Lipinski definition) is 0. The van der Waals surface area contributed by atoms with E-state index in [-0.39, 0.29) is 22.4 Å². The van der Waals surface area contributed by atoms with Crippen LogP contribution in [0.2, 0.25) is 0 Å². The fourth-order valence-corrected chi connectivity index (χ4v) is 1.98. The Bertz CT molecular complexity index is 747. The minimum atomic E-state index is -0.822. The number of ether oxygens (including phenoxy) is 1. The number of nitrogens with zero attached hydrogens (tertiary/aromatic N) is 2. The number of hydrogen-bond acceptors (Lipinski definition) is 4. The predicted octanol–water partition coefficient (Wildman–Crippen LogP) is 1.61. The smallest absolute Gasteiger partial charge is 0.410 e. The average Bonchev–Trinajstić information content (AvgIpc) is 2.38. The molecule has 19 heavy (non-hydrogen) atoms. The Labute approximate surface area is 109 Å². The van der Waals surface area contributed by atoms with Gasteiger partial charge in [0.25, 0.3) is 5.52 Å². The summed E-state index contributed by atoms with van der Waals surface area (Å²) < 4.78 is 5.59. The highest BCUT2D eigenvalue weighted by molar-refractivity contribution is 5.88. The Morgan fingerprint density at radius 2 is 1.84 bits per heavy atom. The zero-order chi connectivity index (χ0) is 14.3. The largest absolute Gasteiger partial charge is 0.805 e. The molecular weight excluding hydrogens is 248 g/mol. The lowest BCUT2D eigenvalue weighted by molar-refractivity contribution is -0.469. The zero-order valence-corrected chi connectivity index (χ0v) is 11.2. The molecule has 0 bridgehead atoms. The average molecular weight is 262 g/mol. The molecule has 6 nitrogen and oxygen atoms in total. The number of esters is 1. The van der Waals surface area contributed by atoms with Gasteiger partial charge in [-0.2, -0.15) is 0 Å². The van der Waals surface area contributed by atoms with Crippen LogP contribution in [0.1, 0.15) is 27.3 Å². The van der Waals surface area contributed by atoms with Crippen LogP contribution >= 0.6 is 0 Å². The van der Waals surface area contributed by atoms with Crippen LogP contribution < -0.4 is 4.43 Å². The first-order chi connectivity index (χ1) is 8.88. The molecule has 6 heteroatoms. The van der Waals surface area contributed by atoms with Crippen LogP contribution in [0.4, 0.5) is 0 Å². The Balaban J connectivity index is 3.01. The van der Waals surface area contributed by atoms with Crippen molar-refractivity contribution in [2.24, 2.45) is 0 Å². The Morgan fingerprint density at radius 1 is 1.26 bits per heavy atom. The number of benzene rings is 1. The van der Waals surface area contributed by atoms with Crippen LogP contribution in [0.3, 0.4) is 0 Å². The van der Waals surface area contributed by atoms with Crippen molar-refractivity contribution in [2.45, 2.75) is 20.8 Å². The van der Waals surface area contributed by atoms with E-state index in [1.165, 1.54) is 14.0 Å². The highest BCUT2D eigenvalue weighted by atomic mass is 16.5. The summed E-state index contributed by atoms with van der Waals surface area (Å²) in [6.45, 7) is 5.11. The fourth-order valence-electron chi connectivity index (χ4n) is 1.98. The van der Waals surface area contributed by atoms with E-state index in [0.29, 0.717) is 9.16 Å². The second-order valence-electron chi connectivity index (χ2n) is 4.44. The quantitative estimate of drug-likeness (QED) is 0.578. The fraction of sp³-hybridized carbons (Fsp3) is 0.308. The van der Waals surface area contributed by atoms with Crippen molar-refractivity contribution < 1.29 is 14.0 Å². The molecule has 0 saturated heterocycles. The van der Waals surface area contributed by atoms with Gasteiger partial charge in [-0.3, -0.25) is 0 Å². The van der Waals surface area contributed by atoms with Crippen molar-refractivity contribution in [3.63, 3.8) is 0 Å². The van der Waals surface area contributed by atoms with E-state index in [2.05, 4.69) is 4.74 Å². The van der Waals surface area contributed by atoms with Crippen LogP contribution in [0, 0.1) is 30.9 Å². The van der Waals surface area contributed by atoms with Crippen LogP contribution in [-0.4, -0.2) is 17.8 Å². The summed E-state index contributed by atoms with van der Waals surface area (Å²) in [6.07, 6.45) is 0. The molecule has 0 atom stereocenters. The highest BCUT2D eigenvalue weighted by Crippen LogP contribution is 2.18. The van der Waals surface area contributed by atoms with Crippen molar-refractivity contribution in [2.75, 3.05) is 7.11 Å². The van der Waals surface area contributed by atoms with E-state index in [9.17, 15) is 14.9 Å². The van der Waals surface area contributed by atoms with Gasteiger partial charge in [-0.25, -0.2) is 4.79 Å². The summed E-state index contributed by atoms with van der Waals surface area (Å²) >= 11 is 0. The van der Waals surface area contributed by atoms with E-state index < -0.39 is 5.97 Å². The minimum Gasteiger partial charge on any atom is -0.805 e. The van der Waals surface area contributed by atoms with E-state index >= 15 is 0 Å². The molecule has 0 fully saturated rings. The maximum atomic E-state index is 12.2. The minimum absolute atomic E-state index is 0.0256. The maximum absolute atomic E-state index is 12.2. The molecule has 0 N–H and O–H groups in total. The van der Waals surface area contributed by atoms with E-state index in [4.69, 9.17) is 0 Å². The molecule has 2 aromatic rings. The van der Waals surface area contributed by atoms with E-state index in [1.54, 1.807) is 12.1 Å². The molecule has 0 amide bonds. The Kier molecular flexibility index (Phi) is 3.01. The van der Waals surface area contributed by atoms with Gasteiger partial charge in [-0.15, -0.1) is 0 Å². The summed E-state index contributed by atoms with van der Waals surface area (Å²) in [5, 5.41) is 12.1. The third-order valence-corrected chi connectivity index (χ3v) is 3.26. The zero-order valence-electron chi connectivity index (χ0n) is 11.2. The summed E-state index contributed by atoms with van der Waals surface area (Å²) in [6, 6.07) is 3.23. The van der Waals surface area contributed by atoms with Gasteiger partial charge < -0.3 is 14.7 Å². The number of fused-ring (bicyclic) bond motifs is 1. The Morgan fingerprint density at radius 3 is 2.42 bits per heavy atom. The van der Waals surface area contributed by atoms with Gasteiger partial charge in [0.15, 0.2) is 0 Å². The van der Waals surface area contributed by atoms with Gasteiger partial charge >= 0.3 is 11.7 Å². The van der Waals surface area contributed by atoms with Gasteiger partial charge in [0.2, 0.25) is 0 Å². The van der Waals surface area contributed by atoms with Gasteiger partial charge in [0.05, 0.1) is 17.2 Å². The third-order valence-electron chi connectivity index (χ3n) is 3.26. The molecule has 0 radical (unpaired) electrons. The van der Waals surface area contributed by atoms with Crippen molar-refractivity contribution in [3.05, 3.63) is 44.8 Å². The van der Waals surface area contributed by atoms with Gasteiger partial charge in [0, 0.05) is 11.0 Å². The second kappa shape index (κ2) is 4.38. The Hall–Kier alpha value is -2.37. The monoisotopic (exact) mass is 262 g/mol. The molecule has 1 aromatic heterocycles. The topological polar surface area (TPSA) is 77.3 Å². The number of aryl methyl sites for hydroxylation is 2. The van der Waals surface area contributed by atoms with Gasteiger partial charge in [-0.1, -0.05) is 0 Å². The van der Waals surface area contributed by atoms with Crippen LogP contribution in [0.25, 0.3) is 11.0 Å². The number of carbonyl (C=O) groups excluding carboxylic acids is 1. The molecule has 0 aliphatic heterocycles. The van der Waals surface area contributed by atoms with Crippen LogP contribution in [0.5, 0.6) is 0 Å². The van der Waals surface area contributed by atoms with Crippen LogP contribution in [-0.2, 0) is 4.74 Å². The lowest BCUT2D eigenvalue weighted by Gasteiger charge is -2.16. The standard InChI is InChI=1S/C13H14N2O4/c1-7-5-10-11(6-8(7)2)15(18)12(13(16)19-4)9(3)14(10)17/h5-6H,1-4H3. The first kappa shape index (κ1) is 13.1. The molecule has 0 spiro atoms. The second-order valence-corrected chi connectivity index (χ2v) is 4.44. The number of methoxy groups -OCH3 is 1. The van der Waals surface area contributed by atoms with Crippen molar-refractivity contribution in [1.82, 2.24) is 4.73 Å². The van der Waals surface area contributed by atoms with Gasteiger partial charge in [0.1, 0.15) is 5.52 Å². The number of rotatable bonds is 1. The van der Waals surface area contributed by atoms with Crippen molar-refractivity contribution in [3.8, 4) is 0 Å². The molecule has 0 unspecified atom stereocenters. The van der Waals surface area contributed by atoms with Crippen molar-refractivity contribution in [1.29, 1.82) is 0 Å².